The Bertz CT molecular complexity index is 1080. The summed E-state index contributed by atoms with van der Waals surface area (Å²) in [6.45, 7) is 10.5. The molecule has 0 saturated carbocycles. The number of nitrogens with one attached hydrogen (secondary N) is 2. The van der Waals surface area contributed by atoms with Gasteiger partial charge in [-0.2, -0.15) is 0 Å². The number of hydrogen-bond donors (Lipinski definition) is 2. The first kappa shape index (κ1) is 23.5. The maximum Gasteiger partial charge on any atom is 0.134 e. The Morgan fingerprint density at radius 3 is 2.38 bits per heavy atom. The lowest BCUT2D eigenvalue weighted by Crippen LogP contribution is -2.10. The molecule has 1 unspecified atom stereocenters. The normalized spacial score (nSPS) is 11.8. The van der Waals surface area contributed by atoms with Gasteiger partial charge in [0, 0.05) is 24.3 Å². The highest BCUT2D eigenvalue weighted by Crippen LogP contribution is 2.30. The molecule has 0 spiro atoms. The third-order valence-corrected chi connectivity index (χ3v) is 6.08. The third kappa shape index (κ3) is 5.56. The fourth-order valence-electron chi connectivity index (χ4n) is 4.02. The summed E-state index contributed by atoms with van der Waals surface area (Å²) >= 11 is 0. The maximum atomic E-state index is 14.4. The first-order valence-corrected chi connectivity index (χ1v) is 11.1. The monoisotopic (exact) mass is 434 g/mol. The molecule has 168 valence electrons. The highest BCUT2D eigenvalue weighted by atomic mass is 19.1. The Labute approximate surface area is 190 Å². The van der Waals surface area contributed by atoms with Crippen molar-refractivity contribution in [2.24, 2.45) is 0 Å². The molecule has 0 aromatic heterocycles. The van der Waals surface area contributed by atoms with Crippen LogP contribution in [0.25, 0.3) is 0 Å². The summed E-state index contributed by atoms with van der Waals surface area (Å²) in [6.07, 6.45) is 3.63. The molecule has 0 radical (unpaired) electrons. The van der Waals surface area contributed by atoms with Crippen molar-refractivity contribution in [3.63, 3.8) is 0 Å². The zero-order valence-corrected chi connectivity index (χ0v) is 19.1. The van der Waals surface area contributed by atoms with E-state index in [2.05, 4.69) is 66.6 Å². The molecular weight excluding hydrogens is 402 g/mol. The molecule has 2 nitrogen and oxygen atoms in total. The summed E-state index contributed by atoms with van der Waals surface area (Å²) in [6, 6.07) is 17.6. The smallest absolute Gasteiger partial charge is 0.134 e. The van der Waals surface area contributed by atoms with Gasteiger partial charge in [0.05, 0.1) is 0 Å². The lowest BCUT2D eigenvalue weighted by atomic mass is 9.87. The number of aryl methyl sites for hydroxylation is 2. The summed E-state index contributed by atoms with van der Waals surface area (Å²) in [4.78, 5) is 0. The molecule has 2 N–H and O–H groups in total. The van der Waals surface area contributed by atoms with E-state index in [9.17, 15) is 8.78 Å². The third-order valence-electron chi connectivity index (χ3n) is 6.08. The van der Waals surface area contributed by atoms with Crippen LogP contribution in [0, 0.1) is 25.5 Å². The summed E-state index contributed by atoms with van der Waals surface area (Å²) in [5, 5.41) is 6.45. The van der Waals surface area contributed by atoms with E-state index in [0.29, 0.717) is 11.5 Å². The molecule has 1 atom stereocenters. The van der Waals surface area contributed by atoms with Gasteiger partial charge in [-0.1, -0.05) is 56.0 Å². The van der Waals surface area contributed by atoms with E-state index in [0.717, 1.165) is 30.6 Å². The number of rotatable bonds is 10. The van der Waals surface area contributed by atoms with Crippen LogP contribution in [0.2, 0.25) is 0 Å². The maximum absolute atomic E-state index is 14.4. The summed E-state index contributed by atoms with van der Waals surface area (Å²) in [5.74, 6) is -0.665. The Morgan fingerprint density at radius 2 is 1.66 bits per heavy atom. The fraction of sp³-hybridized carbons (Fsp3) is 0.286. The molecule has 0 bridgehead atoms. The van der Waals surface area contributed by atoms with Crippen molar-refractivity contribution >= 4 is 5.69 Å². The SMILES string of the molecule is C=CNCc1ccccc1CC(CC)c1ccc(C)c(NCc2c(F)ccc(C)c2F)c1. The molecular formula is C28H32F2N2. The molecule has 4 heteroatoms. The molecule has 3 rings (SSSR count). The lowest BCUT2D eigenvalue weighted by molar-refractivity contribution is 0.554. The molecule has 3 aromatic carbocycles. The van der Waals surface area contributed by atoms with E-state index in [1.807, 2.05) is 6.92 Å². The fourth-order valence-corrected chi connectivity index (χ4v) is 4.02. The zero-order valence-electron chi connectivity index (χ0n) is 19.1. The first-order valence-electron chi connectivity index (χ1n) is 11.1. The molecule has 32 heavy (non-hydrogen) atoms. The Hall–Kier alpha value is -3.14. The molecule has 0 aliphatic carbocycles. The van der Waals surface area contributed by atoms with Gasteiger partial charge in [0.2, 0.25) is 0 Å². The minimum atomic E-state index is -0.523. The minimum absolute atomic E-state index is 0.0745. The van der Waals surface area contributed by atoms with Crippen LogP contribution in [0.3, 0.4) is 0 Å². The molecule has 3 aromatic rings. The summed E-state index contributed by atoms with van der Waals surface area (Å²) in [5.41, 5.74) is 6.28. The average molecular weight is 435 g/mol. The second kappa shape index (κ2) is 10.9. The van der Waals surface area contributed by atoms with Gasteiger partial charge in [-0.25, -0.2) is 8.78 Å². The minimum Gasteiger partial charge on any atom is -0.387 e. The van der Waals surface area contributed by atoms with Crippen molar-refractivity contribution in [1.29, 1.82) is 0 Å². The van der Waals surface area contributed by atoms with Gasteiger partial charge in [0.25, 0.3) is 0 Å². The summed E-state index contributed by atoms with van der Waals surface area (Å²) in [7, 11) is 0. The number of hydrogen-bond acceptors (Lipinski definition) is 2. The zero-order chi connectivity index (χ0) is 23.1. The Morgan fingerprint density at radius 1 is 0.938 bits per heavy atom. The van der Waals surface area contributed by atoms with E-state index in [1.54, 1.807) is 13.1 Å². The van der Waals surface area contributed by atoms with Crippen LogP contribution < -0.4 is 10.6 Å². The van der Waals surface area contributed by atoms with Crippen LogP contribution in [0.15, 0.2) is 67.4 Å². The van der Waals surface area contributed by atoms with Gasteiger partial charge in [-0.15, -0.1) is 0 Å². The van der Waals surface area contributed by atoms with Gasteiger partial charge in [-0.05, 0) is 78.8 Å². The highest BCUT2D eigenvalue weighted by Gasteiger charge is 2.15. The van der Waals surface area contributed by atoms with E-state index < -0.39 is 11.6 Å². The number of benzene rings is 3. The standard InChI is InChI=1S/C28H32F2N2/c1-5-21(15-22-9-7-8-10-24(22)17-31-6-2)23-13-11-19(3)27(16-23)32-18-25-26(29)14-12-20(4)28(25)30/h6-14,16,21,31-32H,2,5,15,17-18H2,1,3-4H3. The van der Waals surface area contributed by atoms with Gasteiger partial charge in [-0.3, -0.25) is 0 Å². The van der Waals surface area contributed by atoms with Crippen LogP contribution >= 0.6 is 0 Å². The molecule has 0 aliphatic heterocycles. The number of halogens is 2. The van der Waals surface area contributed by atoms with Crippen LogP contribution in [0.5, 0.6) is 0 Å². The molecule has 0 fully saturated rings. The Kier molecular flexibility index (Phi) is 8.04. The van der Waals surface area contributed by atoms with Crippen LogP contribution in [-0.2, 0) is 19.5 Å². The predicted octanol–water partition coefficient (Wildman–Crippen LogP) is 7.16. The topological polar surface area (TPSA) is 24.1 Å². The number of anilines is 1. The quantitative estimate of drug-likeness (QED) is 0.354. The second-order valence-corrected chi connectivity index (χ2v) is 8.25. The van der Waals surface area contributed by atoms with Crippen molar-refractivity contribution in [1.82, 2.24) is 5.32 Å². The van der Waals surface area contributed by atoms with Crippen molar-refractivity contribution in [2.45, 2.75) is 52.6 Å². The highest BCUT2D eigenvalue weighted by molar-refractivity contribution is 5.54. The van der Waals surface area contributed by atoms with Crippen LogP contribution in [0.1, 0.15) is 52.6 Å². The molecule has 0 amide bonds. The molecule has 0 heterocycles. The average Bonchev–Trinajstić information content (AvgIpc) is 2.80. The van der Waals surface area contributed by atoms with Gasteiger partial charge < -0.3 is 10.6 Å². The van der Waals surface area contributed by atoms with E-state index in [1.165, 1.54) is 28.8 Å². The van der Waals surface area contributed by atoms with Crippen molar-refractivity contribution < 1.29 is 8.78 Å². The molecule has 0 aliphatic rings. The van der Waals surface area contributed by atoms with Crippen molar-refractivity contribution in [3.05, 3.63) is 112 Å². The van der Waals surface area contributed by atoms with E-state index in [-0.39, 0.29) is 12.1 Å². The Balaban J connectivity index is 1.81. The van der Waals surface area contributed by atoms with E-state index >= 15 is 0 Å². The van der Waals surface area contributed by atoms with Crippen LogP contribution in [-0.4, -0.2) is 0 Å². The van der Waals surface area contributed by atoms with E-state index in [4.69, 9.17) is 0 Å². The summed E-state index contributed by atoms with van der Waals surface area (Å²) < 4.78 is 28.6. The van der Waals surface area contributed by atoms with Crippen LogP contribution in [0.4, 0.5) is 14.5 Å². The van der Waals surface area contributed by atoms with Gasteiger partial charge >= 0.3 is 0 Å². The van der Waals surface area contributed by atoms with Crippen molar-refractivity contribution in [3.8, 4) is 0 Å². The van der Waals surface area contributed by atoms with Gasteiger partial charge in [0.1, 0.15) is 11.6 Å². The van der Waals surface area contributed by atoms with Crippen molar-refractivity contribution in [2.75, 3.05) is 5.32 Å². The van der Waals surface area contributed by atoms with Gasteiger partial charge in [0.15, 0.2) is 0 Å². The molecule has 0 saturated heterocycles. The predicted molar refractivity (Wildman–Crippen MR) is 130 cm³/mol. The second-order valence-electron chi connectivity index (χ2n) is 8.25. The first-order chi connectivity index (χ1) is 15.4. The lowest BCUT2D eigenvalue weighted by Gasteiger charge is -2.20. The largest absolute Gasteiger partial charge is 0.387 e.